The standard InChI is InChI=1S/C30H37FN4OS/c1-33(30(36)29-17-22(18-32)16-24-4-2-3-5-28(24)29)19-25(23-6-8-26(31)9-7-23)10-11-34-20-27(21-34)35-12-14-37-15-13-35/h6-9,16-17,25,27H,2-5,10-15,19-21H2,1H3/t25-/m1/s1. The minimum atomic E-state index is -0.239. The number of carbonyl (C=O) groups is 1. The number of aryl methyl sites for hydroxylation is 1. The maximum Gasteiger partial charge on any atom is 0.253 e. The summed E-state index contributed by atoms with van der Waals surface area (Å²) < 4.78 is 13.7. The molecule has 0 spiro atoms. The number of likely N-dealkylation sites (N-methyl/N-ethyl adjacent to an activating group) is 1. The molecule has 37 heavy (non-hydrogen) atoms. The number of nitrogens with zero attached hydrogens (tertiary/aromatic N) is 4. The molecule has 0 aromatic heterocycles. The maximum atomic E-state index is 13.7. The van der Waals surface area contributed by atoms with Crippen LogP contribution in [0.4, 0.5) is 4.39 Å². The van der Waals surface area contributed by atoms with Crippen molar-refractivity contribution >= 4 is 17.7 Å². The zero-order valence-corrected chi connectivity index (χ0v) is 22.6. The first-order chi connectivity index (χ1) is 18.0. The molecule has 3 aliphatic rings. The Morgan fingerprint density at radius 2 is 1.89 bits per heavy atom. The third kappa shape index (κ3) is 6.19. The smallest absolute Gasteiger partial charge is 0.253 e. The topological polar surface area (TPSA) is 50.6 Å². The van der Waals surface area contributed by atoms with Crippen LogP contribution in [0.2, 0.25) is 0 Å². The summed E-state index contributed by atoms with van der Waals surface area (Å²) in [5.41, 5.74) is 4.57. The second-order valence-corrected chi connectivity index (χ2v) is 12.0. The van der Waals surface area contributed by atoms with Gasteiger partial charge in [0.25, 0.3) is 5.91 Å². The fraction of sp³-hybridized carbons (Fsp3) is 0.533. The van der Waals surface area contributed by atoms with Crippen molar-refractivity contribution < 1.29 is 9.18 Å². The van der Waals surface area contributed by atoms with E-state index in [9.17, 15) is 14.4 Å². The highest BCUT2D eigenvalue weighted by Gasteiger charge is 2.33. The summed E-state index contributed by atoms with van der Waals surface area (Å²) in [4.78, 5) is 20.6. The summed E-state index contributed by atoms with van der Waals surface area (Å²) in [5.74, 6) is 2.34. The van der Waals surface area contributed by atoms with Gasteiger partial charge < -0.3 is 9.80 Å². The first-order valence-electron chi connectivity index (χ1n) is 13.6. The van der Waals surface area contributed by atoms with E-state index in [2.05, 4.69) is 15.9 Å². The summed E-state index contributed by atoms with van der Waals surface area (Å²) in [6.45, 7) is 6.17. The molecule has 5 rings (SSSR count). The quantitative estimate of drug-likeness (QED) is 0.511. The molecule has 0 saturated carbocycles. The van der Waals surface area contributed by atoms with Gasteiger partial charge in [-0.3, -0.25) is 9.69 Å². The van der Waals surface area contributed by atoms with Crippen molar-refractivity contribution in [1.29, 1.82) is 5.26 Å². The second kappa shape index (κ2) is 12.0. The highest BCUT2D eigenvalue weighted by molar-refractivity contribution is 7.99. The van der Waals surface area contributed by atoms with Crippen molar-refractivity contribution in [1.82, 2.24) is 14.7 Å². The van der Waals surface area contributed by atoms with Crippen LogP contribution >= 0.6 is 11.8 Å². The van der Waals surface area contributed by atoms with Crippen LogP contribution in [-0.2, 0) is 12.8 Å². The van der Waals surface area contributed by atoms with Gasteiger partial charge in [0.2, 0.25) is 0 Å². The van der Waals surface area contributed by atoms with E-state index in [1.807, 2.05) is 41.9 Å². The van der Waals surface area contributed by atoms with Gasteiger partial charge >= 0.3 is 0 Å². The molecule has 5 nitrogen and oxygen atoms in total. The molecule has 7 heteroatoms. The Morgan fingerprint density at radius 3 is 2.62 bits per heavy atom. The van der Waals surface area contributed by atoms with Crippen molar-refractivity contribution in [2.75, 3.05) is 57.8 Å². The third-order valence-electron chi connectivity index (χ3n) is 8.30. The third-order valence-corrected chi connectivity index (χ3v) is 9.24. The number of fused-ring (bicyclic) bond motifs is 1. The molecule has 0 unspecified atom stereocenters. The summed E-state index contributed by atoms with van der Waals surface area (Å²) >= 11 is 2.05. The number of hydrogen-bond acceptors (Lipinski definition) is 5. The van der Waals surface area contributed by atoms with E-state index in [-0.39, 0.29) is 17.6 Å². The van der Waals surface area contributed by atoms with E-state index in [4.69, 9.17) is 0 Å². The van der Waals surface area contributed by atoms with Crippen molar-refractivity contribution in [3.8, 4) is 6.07 Å². The lowest BCUT2D eigenvalue weighted by molar-refractivity contribution is 0.0371. The molecule has 2 aromatic rings. The van der Waals surface area contributed by atoms with Crippen LogP contribution in [0.5, 0.6) is 0 Å². The molecule has 2 fully saturated rings. The van der Waals surface area contributed by atoms with Crippen LogP contribution in [0.15, 0.2) is 36.4 Å². The Hall–Kier alpha value is -2.40. The Morgan fingerprint density at radius 1 is 1.16 bits per heavy atom. The monoisotopic (exact) mass is 520 g/mol. The summed E-state index contributed by atoms with van der Waals surface area (Å²) in [6.07, 6.45) is 4.92. The van der Waals surface area contributed by atoms with Crippen LogP contribution in [0.1, 0.15) is 57.8 Å². The molecule has 2 aliphatic heterocycles. The first kappa shape index (κ1) is 26.2. The number of amides is 1. The van der Waals surface area contributed by atoms with Crippen molar-refractivity contribution in [3.63, 3.8) is 0 Å². The molecule has 2 heterocycles. The van der Waals surface area contributed by atoms with E-state index in [0.717, 1.165) is 68.4 Å². The number of thioether (sulfide) groups is 1. The normalized spacial score (nSPS) is 19.5. The van der Waals surface area contributed by atoms with Gasteiger partial charge in [0, 0.05) is 68.8 Å². The van der Waals surface area contributed by atoms with Gasteiger partial charge in [-0.05, 0) is 79.6 Å². The van der Waals surface area contributed by atoms with Gasteiger partial charge in [-0.15, -0.1) is 0 Å². The minimum absolute atomic E-state index is 0.0191. The number of halogens is 1. The van der Waals surface area contributed by atoms with Crippen molar-refractivity contribution in [2.45, 2.75) is 44.1 Å². The molecule has 1 atom stereocenters. The zero-order chi connectivity index (χ0) is 25.8. The van der Waals surface area contributed by atoms with Crippen molar-refractivity contribution in [2.24, 2.45) is 0 Å². The SMILES string of the molecule is CN(C[C@@H](CCN1CC(N2CCSCC2)C1)c1ccc(F)cc1)C(=O)c1cc(C#N)cc2c1CCCC2. The lowest BCUT2D eigenvalue weighted by Gasteiger charge is -2.47. The Labute approximate surface area is 224 Å². The summed E-state index contributed by atoms with van der Waals surface area (Å²) in [5, 5.41) is 9.54. The van der Waals surface area contributed by atoms with E-state index < -0.39 is 0 Å². The Bertz CT molecular complexity index is 1140. The molecule has 0 radical (unpaired) electrons. The predicted octanol–water partition coefficient (Wildman–Crippen LogP) is 4.56. The van der Waals surface area contributed by atoms with Crippen LogP contribution in [-0.4, -0.2) is 84.5 Å². The highest BCUT2D eigenvalue weighted by atomic mass is 32.2. The fourth-order valence-corrected chi connectivity index (χ4v) is 7.01. The average Bonchev–Trinajstić information content (AvgIpc) is 2.91. The number of carbonyl (C=O) groups excluding carboxylic acids is 1. The lowest BCUT2D eigenvalue weighted by Crippen LogP contribution is -2.61. The Balaban J connectivity index is 1.26. The lowest BCUT2D eigenvalue weighted by atomic mass is 9.86. The minimum Gasteiger partial charge on any atom is -0.341 e. The fourth-order valence-electron chi connectivity index (χ4n) is 6.08. The largest absolute Gasteiger partial charge is 0.341 e. The van der Waals surface area contributed by atoms with Crippen LogP contribution in [0, 0.1) is 17.1 Å². The highest BCUT2D eigenvalue weighted by Crippen LogP contribution is 2.29. The van der Waals surface area contributed by atoms with Gasteiger partial charge in [-0.2, -0.15) is 17.0 Å². The molecule has 1 amide bonds. The molecule has 196 valence electrons. The molecule has 0 bridgehead atoms. The summed E-state index contributed by atoms with van der Waals surface area (Å²) in [6, 6.07) is 13.4. The second-order valence-electron chi connectivity index (χ2n) is 10.8. The van der Waals surface area contributed by atoms with Gasteiger partial charge in [0.1, 0.15) is 5.82 Å². The molecule has 0 N–H and O–H groups in total. The van der Waals surface area contributed by atoms with Crippen LogP contribution in [0.25, 0.3) is 0 Å². The van der Waals surface area contributed by atoms with Gasteiger partial charge in [0.05, 0.1) is 11.6 Å². The van der Waals surface area contributed by atoms with E-state index in [1.165, 1.54) is 36.7 Å². The molecule has 2 saturated heterocycles. The Kier molecular flexibility index (Phi) is 8.49. The van der Waals surface area contributed by atoms with E-state index in [0.29, 0.717) is 23.7 Å². The predicted molar refractivity (Wildman–Crippen MR) is 148 cm³/mol. The van der Waals surface area contributed by atoms with E-state index >= 15 is 0 Å². The molecular formula is C30H37FN4OS. The molecular weight excluding hydrogens is 483 g/mol. The van der Waals surface area contributed by atoms with Gasteiger partial charge in [-0.1, -0.05) is 12.1 Å². The number of benzene rings is 2. The first-order valence-corrected chi connectivity index (χ1v) is 14.8. The maximum absolute atomic E-state index is 13.7. The number of likely N-dealkylation sites (tertiary alicyclic amines) is 1. The average molecular weight is 521 g/mol. The van der Waals surface area contributed by atoms with Gasteiger partial charge in [-0.25, -0.2) is 4.39 Å². The number of nitriles is 1. The summed E-state index contributed by atoms with van der Waals surface area (Å²) in [7, 11) is 1.86. The van der Waals surface area contributed by atoms with Gasteiger partial charge in [0.15, 0.2) is 0 Å². The van der Waals surface area contributed by atoms with Crippen molar-refractivity contribution in [3.05, 3.63) is 70.0 Å². The number of hydrogen-bond donors (Lipinski definition) is 0. The van der Waals surface area contributed by atoms with Crippen LogP contribution in [0.3, 0.4) is 0 Å². The molecule has 2 aromatic carbocycles. The zero-order valence-electron chi connectivity index (χ0n) is 21.8. The van der Waals surface area contributed by atoms with E-state index in [1.54, 1.807) is 6.07 Å². The number of rotatable bonds is 8. The molecule has 1 aliphatic carbocycles. The van der Waals surface area contributed by atoms with Crippen LogP contribution < -0.4 is 0 Å².